The fourth-order valence-electron chi connectivity index (χ4n) is 4.25. The maximum atomic E-state index is 14.4. The molecular formula is C25H14ClF5N4O2. The summed E-state index contributed by atoms with van der Waals surface area (Å²) in [4.78, 5) is 18.4. The van der Waals surface area contributed by atoms with Gasteiger partial charge in [-0.1, -0.05) is 17.7 Å². The van der Waals surface area contributed by atoms with Gasteiger partial charge in [0.1, 0.15) is 22.9 Å². The van der Waals surface area contributed by atoms with E-state index < -0.39 is 40.5 Å². The number of rotatable bonds is 3. The first kappa shape index (κ1) is 24.5. The molecule has 0 saturated heterocycles. The number of aromatic nitrogens is 2. The Balaban J connectivity index is 1.51. The van der Waals surface area contributed by atoms with Crippen molar-refractivity contribution in [3.8, 4) is 17.2 Å². The fourth-order valence-corrected chi connectivity index (χ4v) is 4.51. The molecule has 0 unspecified atom stereocenters. The maximum absolute atomic E-state index is 14.4. The fraction of sp³-hybridized carbons (Fsp3) is 0.160. The number of halogens is 6. The van der Waals surface area contributed by atoms with E-state index in [0.717, 1.165) is 22.6 Å². The predicted molar refractivity (Wildman–Crippen MR) is 122 cm³/mol. The van der Waals surface area contributed by atoms with Crippen molar-refractivity contribution in [1.29, 1.82) is 5.26 Å². The molecule has 0 N–H and O–H groups in total. The summed E-state index contributed by atoms with van der Waals surface area (Å²) in [5, 5.41) is 8.93. The zero-order valence-corrected chi connectivity index (χ0v) is 19.4. The minimum Gasteiger partial charge on any atom is -0.472 e. The maximum Gasteiger partial charge on any atom is 0.420 e. The number of benzene rings is 1. The van der Waals surface area contributed by atoms with Gasteiger partial charge >= 0.3 is 6.18 Å². The molecule has 1 aliphatic heterocycles. The molecule has 37 heavy (non-hydrogen) atoms. The molecule has 12 heteroatoms. The van der Waals surface area contributed by atoms with Crippen molar-refractivity contribution in [1.82, 2.24) is 14.3 Å². The lowest BCUT2D eigenvalue weighted by Gasteiger charge is -2.26. The van der Waals surface area contributed by atoms with Gasteiger partial charge in [0, 0.05) is 36.0 Å². The quantitative estimate of drug-likeness (QED) is 0.288. The first-order valence-corrected chi connectivity index (χ1v) is 11.2. The van der Waals surface area contributed by atoms with Crippen LogP contribution >= 0.6 is 11.6 Å². The number of imidazole rings is 1. The Morgan fingerprint density at radius 2 is 1.92 bits per heavy atom. The van der Waals surface area contributed by atoms with Crippen LogP contribution in [0.15, 0.2) is 53.5 Å². The van der Waals surface area contributed by atoms with Crippen LogP contribution in [-0.2, 0) is 6.18 Å². The van der Waals surface area contributed by atoms with E-state index in [4.69, 9.17) is 16.0 Å². The molecule has 0 aliphatic carbocycles. The summed E-state index contributed by atoms with van der Waals surface area (Å²) >= 11 is 6.35. The molecule has 4 heterocycles. The van der Waals surface area contributed by atoms with Crippen molar-refractivity contribution in [2.75, 3.05) is 13.1 Å². The van der Waals surface area contributed by atoms with E-state index in [9.17, 15) is 32.0 Å². The number of carbonyl (C=O) groups excluding carboxylic acids is 1. The average Bonchev–Trinajstić information content (AvgIpc) is 3.52. The Labute approximate surface area is 210 Å². The summed E-state index contributed by atoms with van der Waals surface area (Å²) in [6.07, 6.45) is 0.657. The summed E-state index contributed by atoms with van der Waals surface area (Å²) < 4.78 is 75.9. The van der Waals surface area contributed by atoms with Gasteiger partial charge in [0.2, 0.25) is 0 Å². The SMILES string of the molecule is N#Cc1c(F)ccc(F)c1C1=CCN(C(=O)c2nc3c(C(F)(F)F)cc(-c4ccoc4)cn3c2Cl)CC1. The van der Waals surface area contributed by atoms with Crippen LogP contribution in [0.3, 0.4) is 0 Å². The molecule has 1 aromatic carbocycles. The number of fused-ring (bicyclic) bond motifs is 1. The number of nitriles is 1. The van der Waals surface area contributed by atoms with Gasteiger partial charge in [-0.3, -0.25) is 9.20 Å². The molecule has 1 amide bonds. The van der Waals surface area contributed by atoms with Gasteiger partial charge in [0.15, 0.2) is 11.3 Å². The number of nitrogens with zero attached hydrogens (tertiary/aromatic N) is 4. The summed E-state index contributed by atoms with van der Waals surface area (Å²) in [6.45, 7) is -0.0618. The standard InChI is InChI=1S/C25H14ClF5N4O2/c26-22-21(33-23-17(25(29,30)31)9-15(11-35(22)23)14-5-8-37-12-14)24(36)34-6-3-13(4-7-34)20-16(10-32)18(27)1-2-19(20)28/h1-3,5,8-9,11-12H,4,6-7H2. The van der Waals surface area contributed by atoms with E-state index in [1.54, 1.807) is 6.07 Å². The second-order valence-corrected chi connectivity index (χ2v) is 8.58. The first-order valence-electron chi connectivity index (χ1n) is 10.8. The molecule has 0 bridgehead atoms. The normalized spacial score (nSPS) is 14.1. The van der Waals surface area contributed by atoms with Gasteiger partial charge in [-0.25, -0.2) is 13.8 Å². The third-order valence-electron chi connectivity index (χ3n) is 6.06. The Kier molecular flexibility index (Phi) is 6.00. The zero-order chi connectivity index (χ0) is 26.5. The number of furan rings is 1. The smallest absolute Gasteiger partial charge is 0.420 e. The van der Waals surface area contributed by atoms with Crippen molar-refractivity contribution in [2.24, 2.45) is 0 Å². The van der Waals surface area contributed by atoms with Gasteiger partial charge < -0.3 is 9.32 Å². The Hall–Kier alpha value is -4.17. The minimum atomic E-state index is -4.79. The van der Waals surface area contributed by atoms with E-state index in [2.05, 4.69) is 4.98 Å². The van der Waals surface area contributed by atoms with Gasteiger partial charge in [-0.05, 0) is 36.3 Å². The van der Waals surface area contributed by atoms with Gasteiger partial charge in [0.25, 0.3) is 5.91 Å². The number of pyridine rings is 1. The molecule has 0 spiro atoms. The predicted octanol–water partition coefficient (Wildman–Crippen LogP) is 6.35. The molecule has 1 aliphatic rings. The second-order valence-electron chi connectivity index (χ2n) is 8.22. The van der Waals surface area contributed by atoms with Crippen LogP contribution in [-0.4, -0.2) is 33.3 Å². The van der Waals surface area contributed by atoms with Gasteiger partial charge in [-0.15, -0.1) is 0 Å². The van der Waals surface area contributed by atoms with Crippen molar-refractivity contribution in [3.63, 3.8) is 0 Å². The molecule has 6 nitrogen and oxygen atoms in total. The number of amides is 1. The highest BCUT2D eigenvalue weighted by Gasteiger charge is 2.37. The average molecular weight is 533 g/mol. The van der Waals surface area contributed by atoms with E-state index in [0.29, 0.717) is 11.1 Å². The molecule has 3 aromatic heterocycles. The number of carbonyl (C=O) groups is 1. The van der Waals surface area contributed by atoms with E-state index in [-0.39, 0.29) is 41.5 Å². The van der Waals surface area contributed by atoms with E-state index in [1.165, 1.54) is 35.8 Å². The molecule has 188 valence electrons. The van der Waals surface area contributed by atoms with Crippen LogP contribution in [0.1, 0.15) is 33.6 Å². The van der Waals surface area contributed by atoms with Crippen molar-refractivity contribution in [3.05, 3.63) is 88.2 Å². The topological polar surface area (TPSA) is 74.5 Å². The molecule has 4 aromatic rings. The van der Waals surface area contributed by atoms with Crippen molar-refractivity contribution < 1.29 is 31.2 Å². The number of hydrogen-bond donors (Lipinski definition) is 0. The monoisotopic (exact) mass is 532 g/mol. The summed E-state index contributed by atoms with van der Waals surface area (Å²) in [5.74, 6) is -2.38. The van der Waals surface area contributed by atoms with Crippen LogP contribution in [0.5, 0.6) is 0 Å². The largest absolute Gasteiger partial charge is 0.472 e. The van der Waals surface area contributed by atoms with Gasteiger partial charge in [0.05, 0.1) is 23.7 Å². The summed E-state index contributed by atoms with van der Waals surface area (Å²) in [6, 6.07) is 5.80. The summed E-state index contributed by atoms with van der Waals surface area (Å²) in [7, 11) is 0. The third kappa shape index (κ3) is 4.23. The van der Waals surface area contributed by atoms with Crippen LogP contribution < -0.4 is 0 Å². The van der Waals surface area contributed by atoms with Gasteiger partial charge in [-0.2, -0.15) is 18.4 Å². The summed E-state index contributed by atoms with van der Waals surface area (Å²) in [5.41, 5.74) is -1.77. The first-order chi connectivity index (χ1) is 17.6. The highest BCUT2D eigenvalue weighted by atomic mass is 35.5. The van der Waals surface area contributed by atoms with E-state index in [1.807, 2.05) is 0 Å². The lowest BCUT2D eigenvalue weighted by Crippen LogP contribution is -2.35. The third-order valence-corrected chi connectivity index (χ3v) is 6.42. The molecule has 0 fully saturated rings. The van der Waals surface area contributed by atoms with Crippen LogP contribution in [0.2, 0.25) is 5.15 Å². The Morgan fingerprint density at radius 3 is 2.54 bits per heavy atom. The highest BCUT2D eigenvalue weighted by Crippen LogP contribution is 2.37. The Morgan fingerprint density at radius 1 is 1.16 bits per heavy atom. The lowest BCUT2D eigenvalue weighted by molar-refractivity contribution is -0.136. The van der Waals surface area contributed by atoms with Crippen LogP contribution in [0, 0.1) is 23.0 Å². The molecule has 5 rings (SSSR count). The van der Waals surface area contributed by atoms with Crippen molar-refractivity contribution >= 4 is 28.7 Å². The molecular weight excluding hydrogens is 519 g/mol. The van der Waals surface area contributed by atoms with Crippen LogP contribution in [0.25, 0.3) is 22.3 Å². The molecule has 0 saturated carbocycles. The molecule has 0 atom stereocenters. The van der Waals surface area contributed by atoms with Crippen molar-refractivity contribution in [2.45, 2.75) is 12.6 Å². The van der Waals surface area contributed by atoms with Crippen LogP contribution in [0.4, 0.5) is 22.0 Å². The zero-order valence-electron chi connectivity index (χ0n) is 18.6. The number of hydrogen-bond acceptors (Lipinski definition) is 4. The van der Waals surface area contributed by atoms with E-state index >= 15 is 0 Å². The highest BCUT2D eigenvalue weighted by molar-refractivity contribution is 6.33. The minimum absolute atomic E-state index is 0.0160. The molecule has 0 radical (unpaired) electrons. The number of alkyl halides is 3. The second kappa shape index (κ2) is 9.05. The lowest BCUT2D eigenvalue weighted by atomic mass is 9.94. The Bertz CT molecular complexity index is 1620.